The predicted molar refractivity (Wildman–Crippen MR) is 61.2 cm³/mol. The number of aryl methyl sites for hydroxylation is 1. The molecule has 1 aromatic heterocycles. The number of H-pyrrole nitrogens is 1. The molecule has 0 bridgehead atoms. The second-order valence-electron chi connectivity index (χ2n) is 3.78. The van der Waals surface area contributed by atoms with Gasteiger partial charge in [0.1, 0.15) is 5.82 Å². The molecule has 1 aromatic carbocycles. The van der Waals surface area contributed by atoms with E-state index in [1.807, 2.05) is 18.2 Å². The first-order chi connectivity index (χ1) is 8.22. The smallest absolute Gasteiger partial charge is 0.251 e. The molecule has 0 aliphatic carbocycles. The van der Waals surface area contributed by atoms with Gasteiger partial charge in [-0.05, 0) is 25.1 Å². The molecule has 0 radical (unpaired) electrons. The second kappa shape index (κ2) is 3.62. The summed E-state index contributed by atoms with van der Waals surface area (Å²) in [5, 5.41) is 0. The van der Waals surface area contributed by atoms with E-state index in [2.05, 4.69) is 9.97 Å². The van der Waals surface area contributed by atoms with E-state index in [0.717, 1.165) is 11.3 Å². The van der Waals surface area contributed by atoms with Crippen molar-refractivity contribution in [3.8, 4) is 22.8 Å². The van der Waals surface area contributed by atoms with Gasteiger partial charge in [-0.25, -0.2) is 4.98 Å². The van der Waals surface area contributed by atoms with Crippen LogP contribution < -0.4 is 15.0 Å². The van der Waals surface area contributed by atoms with Gasteiger partial charge in [-0.2, -0.15) is 0 Å². The van der Waals surface area contributed by atoms with Gasteiger partial charge in [-0.1, -0.05) is 0 Å². The molecule has 17 heavy (non-hydrogen) atoms. The van der Waals surface area contributed by atoms with Crippen molar-refractivity contribution in [1.82, 2.24) is 9.97 Å². The number of aromatic amines is 1. The largest absolute Gasteiger partial charge is 0.454 e. The maximum Gasteiger partial charge on any atom is 0.251 e. The van der Waals surface area contributed by atoms with E-state index < -0.39 is 0 Å². The molecule has 0 atom stereocenters. The number of nitrogens with one attached hydrogen (secondary N) is 1. The molecule has 2 aromatic rings. The van der Waals surface area contributed by atoms with E-state index in [9.17, 15) is 4.79 Å². The Balaban J connectivity index is 2.12. The molecule has 5 heteroatoms. The van der Waals surface area contributed by atoms with Gasteiger partial charge in [0.15, 0.2) is 11.5 Å². The number of rotatable bonds is 1. The molecule has 0 spiro atoms. The van der Waals surface area contributed by atoms with Gasteiger partial charge < -0.3 is 14.5 Å². The zero-order valence-electron chi connectivity index (χ0n) is 9.19. The lowest BCUT2D eigenvalue weighted by Gasteiger charge is -2.03. The molecule has 0 amide bonds. The second-order valence-corrected chi connectivity index (χ2v) is 3.78. The summed E-state index contributed by atoms with van der Waals surface area (Å²) in [4.78, 5) is 18.3. The molecule has 5 nitrogen and oxygen atoms in total. The standard InChI is InChI=1S/C12H10N2O3/c1-7-13-9(5-12(15)14-7)8-2-3-10-11(4-8)17-6-16-10/h2-5H,6H2,1H3,(H,13,14,15). The first-order valence-electron chi connectivity index (χ1n) is 5.20. The molecule has 3 rings (SSSR count). The van der Waals surface area contributed by atoms with Crippen LogP contribution in [0.15, 0.2) is 29.1 Å². The Morgan fingerprint density at radius 1 is 1.24 bits per heavy atom. The first-order valence-corrected chi connectivity index (χ1v) is 5.20. The Morgan fingerprint density at radius 2 is 2.06 bits per heavy atom. The normalized spacial score (nSPS) is 12.8. The molecular formula is C12H10N2O3. The molecule has 0 saturated heterocycles. The minimum atomic E-state index is -0.162. The predicted octanol–water partition coefficient (Wildman–Crippen LogP) is 1.47. The zero-order chi connectivity index (χ0) is 11.8. The number of benzene rings is 1. The Labute approximate surface area is 97.0 Å². The van der Waals surface area contributed by atoms with Gasteiger partial charge >= 0.3 is 0 Å². The number of nitrogens with zero attached hydrogens (tertiary/aromatic N) is 1. The SMILES string of the molecule is Cc1nc(-c2ccc3c(c2)OCO3)cc(=O)[nH]1. The van der Waals surface area contributed by atoms with Crippen LogP contribution in [0.25, 0.3) is 11.3 Å². The molecule has 0 saturated carbocycles. The van der Waals surface area contributed by atoms with Crippen molar-refractivity contribution in [2.24, 2.45) is 0 Å². The molecule has 1 aliphatic rings. The third kappa shape index (κ3) is 1.75. The van der Waals surface area contributed by atoms with Gasteiger partial charge in [0.25, 0.3) is 5.56 Å². The highest BCUT2D eigenvalue weighted by atomic mass is 16.7. The monoisotopic (exact) mass is 230 g/mol. The third-order valence-electron chi connectivity index (χ3n) is 2.53. The fourth-order valence-corrected chi connectivity index (χ4v) is 1.78. The molecule has 2 heterocycles. The van der Waals surface area contributed by atoms with Crippen molar-refractivity contribution in [3.63, 3.8) is 0 Å². The van der Waals surface area contributed by atoms with E-state index >= 15 is 0 Å². The van der Waals surface area contributed by atoms with Gasteiger partial charge in [0.2, 0.25) is 6.79 Å². The van der Waals surface area contributed by atoms with Crippen LogP contribution in [0, 0.1) is 6.92 Å². The zero-order valence-corrected chi connectivity index (χ0v) is 9.19. The Bertz CT molecular complexity index is 634. The molecule has 86 valence electrons. The van der Waals surface area contributed by atoms with E-state index in [1.165, 1.54) is 6.07 Å². The lowest BCUT2D eigenvalue weighted by molar-refractivity contribution is 0.174. The average Bonchev–Trinajstić information content (AvgIpc) is 2.74. The van der Waals surface area contributed by atoms with Crippen LogP contribution in [-0.2, 0) is 0 Å². The average molecular weight is 230 g/mol. The quantitative estimate of drug-likeness (QED) is 0.805. The Morgan fingerprint density at radius 3 is 2.88 bits per heavy atom. The van der Waals surface area contributed by atoms with Crippen LogP contribution in [0.5, 0.6) is 11.5 Å². The van der Waals surface area contributed by atoms with Gasteiger partial charge in [0.05, 0.1) is 5.69 Å². The van der Waals surface area contributed by atoms with Crippen molar-refractivity contribution >= 4 is 0 Å². The van der Waals surface area contributed by atoms with Gasteiger partial charge in [-0.3, -0.25) is 4.79 Å². The highest BCUT2D eigenvalue weighted by Crippen LogP contribution is 2.35. The summed E-state index contributed by atoms with van der Waals surface area (Å²) in [6.07, 6.45) is 0. The molecular weight excluding hydrogens is 220 g/mol. The Kier molecular flexibility index (Phi) is 2.11. The Hall–Kier alpha value is -2.30. The number of ether oxygens (including phenoxy) is 2. The highest BCUT2D eigenvalue weighted by Gasteiger charge is 2.14. The van der Waals surface area contributed by atoms with Crippen molar-refractivity contribution < 1.29 is 9.47 Å². The lowest BCUT2D eigenvalue weighted by Crippen LogP contribution is -2.08. The van der Waals surface area contributed by atoms with E-state index in [4.69, 9.17) is 9.47 Å². The van der Waals surface area contributed by atoms with E-state index in [-0.39, 0.29) is 12.4 Å². The molecule has 0 unspecified atom stereocenters. The van der Waals surface area contributed by atoms with Crippen LogP contribution in [0.2, 0.25) is 0 Å². The molecule has 0 fully saturated rings. The summed E-state index contributed by atoms with van der Waals surface area (Å²) < 4.78 is 10.5. The third-order valence-corrected chi connectivity index (χ3v) is 2.53. The van der Waals surface area contributed by atoms with Gasteiger partial charge in [0, 0.05) is 11.6 Å². The fourth-order valence-electron chi connectivity index (χ4n) is 1.78. The van der Waals surface area contributed by atoms with Crippen molar-refractivity contribution in [2.75, 3.05) is 6.79 Å². The van der Waals surface area contributed by atoms with Crippen molar-refractivity contribution in [3.05, 3.63) is 40.4 Å². The highest BCUT2D eigenvalue weighted by molar-refractivity contribution is 5.64. The van der Waals surface area contributed by atoms with E-state index in [1.54, 1.807) is 6.92 Å². The van der Waals surface area contributed by atoms with Crippen LogP contribution in [0.1, 0.15) is 5.82 Å². The minimum absolute atomic E-state index is 0.162. The summed E-state index contributed by atoms with van der Waals surface area (Å²) in [7, 11) is 0. The number of hydrogen-bond donors (Lipinski definition) is 1. The van der Waals surface area contributed by atoms with Gasteiger partial charge in [-0.15, -0.1) is 0 Å². The molecule has 1 aliphatic heterocycles. The summed E-state index contributed by atoms with van der Waals surface area (Å²) in [5.41, 5.74) is 1.30. The maximum absolute atomic E-state index is 11.4. The van der Waals surface area contributed by atoms with Crippen LogP contribution >= 0.6 is 0 Å². The maximum atomic E-state index is 11.4. The number of fused-ring (bicyclic) bond motifs is 1. The lowest BCUT2D eigenvalue weighted by atomic mass is 10.1. The summed E-state index contributed by atoms with van der Waals surface area (Å²) in [6.45, 7) is 1.98. The van der Waals surface area contributed by atoms with Crippen molar-refractivity contribution in [2.45, 2.75) is 6.92 Å². The first kappa shape index (κ1) is 9.89. The minimum Gasteiger partial charge on any atom is -0.454 e. The van der Waals surface area contributed by atoms with Crippen LogP contribution in [0.4, 0.5) is 0 Å². The number of aromatic nitrogens is 2. The number of hydrogen-bond acceptors (Lipinski definition) is 4. The summed E-state index contributed by atoms with van der Waals surface area (Å²) >= 11 is 0. The summed E-state index contributed by atoms with van der Waals surface area (Å²) in [5.74, 6) is 1.99. The summed E-state index contributed by atoms with van der Waals surface area (Å²) in [6, 6.07) is 6.96. The van der Waals surface area contributed by atoms with Crippen molar-refractivity contribution in [1.29, 1.82) is 0 Å². The molecule has 1 N–H and O–H groups in total. The van der Waals surface area contributed by atoms with Crippen LogP contribution in [-0.4, -0.2) is 16.8 Å². The topological polar surface area (TPSA) is 64.2 Å². The fraction of sp³-hybridized carbons (Fsp3) is 0.167. The van der Waals surface area contributed by atoms with Crippen LogP contribution in [0.3, 0.4) is 0 Å². The van der Waals surface area contributed by atoms with E-state index in [0.29, 0.717) is 17.3 Å².